The van der Waals surface area contributed by atoms with Crippen molar-refractivity contribution in [1.29, 1.82) is 0 Å². The van der Waals surface area contributed by atoms with Crippen LogP contribution in [0.1, 0.15) is 32.1 Å². The predicted octanol–water partition coefficient (Wildman–Crippen LogP) is 1.02. The topological polar surface area (TPSA) is 41.6 Å². The van der Waals surface area contributed by atoms with Crippen LogP contribution in [0.4, 0.5) is 0 Å². The summed E-state index contributed by atoms with van der Waals surface area (Å²) in [6.45, 7) is 5.70. The molecule has 4 heteroatoms. The fourth-order valence-electron chi connectivity index (χ4n) is 3.62. The average Bonchev–Trinajstić information content (AvgIpc) is 2.88. The molecular weight excluding hydrogens is 228 g/mol. The van der Waals surface area contributed by atoms with E-state index in [1.165, 1.54) is 19.3 Å². The van der Waals surface area contributed by atoms with Crippen molar-refractivity contribution >= 4 is 5.91 Å². The number of rotatable bonds is 1. The lowest BCUT2D eigenvalue weighted by molar-refractivity contribution is -0.141. The van der Waals surface area contributed by atoms with Crippen molar-refractivity contribution in [2.75, 3.05) is 39.4 Å². The summed E-state index contributed by atoms with van der Waals surface area (Å²) in [5.74, 6) is 0.477. The molecule has 102 valence electrons. The smallest absolute Gasteiger partial charge is 0.228 e. The number of ether oxygens (including phenoxy) is 1. The normalized spacial score (nSPS) is 31.8. The Kier molecular flexibility index (Phi) is 3.57. The first-order valence-corrected chi connectivity index (χ1v) is 7.36. The number of hydrogen-bond donors (Lipinski definition) is 1. The zero-order valence-electron chi connectivity index (χ0n) is 11.1. The highest BCUT2D eigenvalue weighted by atomic mass is 16.5. The Morgan fingerprint density at radius 2 is 2.11 bits per heavy atom. The van der Waals surface area contributed by atoms with Crippen LogP contribution in [0.3, 0.4) is 0 Å². The van der Waals surface area contributed by atoms with Gasteiger partial charge in [0.25, 0.3) is 0 Å². The summed E-state index contributed by atoms with van der Waals surface area (Å²) in [5, 5.41) is 3.47. The third-order valence-electron chi connectivity index (χ3n) is 4.98. The van der Waals surface area contributed by atoms with Crippen LogP contribution in [0.5, 0.6) is 0 Å². The molecule has 0 bridgehead atoms. The van der Waals surface area contributed by atoms with E-state index in [2.05, 4.69) is 10.2 Å². The van der Waals surface area contributed by atoms with Crippen molar-refractivity contribution in [2.24, 2.45) is 11.3 Å². The third-order valence-corrected chi connectivity index (χ3v) is 4.98. The van der Waals surface area contributed by atoms with Gasteiger partial charge in [-0.1, -0.05) is 0 Å². The van der Waals surface area contributed by atoms with Crippen molar-refractivity contribution in [2.45, 2.75) is 32.1 Å². The molecule has 0 saturated carbocycles. The molecule has 0 aromatic heterocycles. The minimum atomic E-state index is 0.134. The zero-order valence-corrected chi connectivity index (χ0v) is 11.1. The Morgan fingerprint density at radius 1 is 1.28 bits per heavy atom. The molecule has 1 unspecified atom stereocenters. The predicted molar refractivity (Wildman–Crippen MR) is 69.3 cm³/mol. The van der Waals surface area contributed by atoms with Crippen molar-refractivity contribution in [3.63, 3.8) is 0 Å². The lowest BCUT2D eigenvalue weighted by atomic mass is 9.77. The number of likely N-dealkylation sites (tertiary alicyclic amines) is 1. The lowest BCUT2D eigenvalue weighted by Crippen LogP contribution is -2.47. The number of piperidine rings is 1. The van der Waals surface area contributed by atoms with Crippen LogP contribution >= 0.6 is 0 Å². The van der Waals surface area contributed by atoms with Gasteiger partial charge in [0.2, 0.25) is 5.91 Å². The minimum Gasteiger partial charge on any atom is -0.381 e. The van der Waals surface area contributed by atoms with Gasteiger partial charge in [-0.3, -0.25) is 4.79 Å². The highest BCUT2D eigenvalue weighted by Crippen LogP contribution is 2.37. The molecule has 3 aliphatic heterocycles. The molecule has 1 amide bonds. The number of carbonyl (C=O) groups excluding carboxylic acids is 1. The number of carbonyl (C=O) groups is 1. The second-order valence-electron chi connectivity index (χ2n) is 6.17. The molecule has 0 aromatic rings. The maximum Gasteiger partial charge on any atom is 0.228 e. The van der Waals surface area contributed by atoms with Crippen LogP contribution < -0.4 is 5.32 Å². The quantitative estimate of drug-likeness (QED) is 0.757. The fourth-order valence-corrected chi connectivity index (χ4v) is 3.62. The number of nitrogens with one attached hydrogen (secondary N) is 1. The van der Waals surface area contributed by atoms with E-state index in [0.29, 0.717) is 17.9 Å². The van der Waals surface area contributed by atoms with Gasteiger partial charge in [0, 0.05) is 26.2 Å². The van der Waals surface area contributed by atoms with E-state index in [0.717, 1.165) is 45.6 Å². The summed E-state index contributed by atoms with van der Waals surface area (Å²) < 4.78 is 5.43. The molecule has 18 heavy (non-hydrogen) atoms. The summed E-state index contributed by atoms with van der Waals surface area (Å²) in [6.07, 6.45) is 5.71. The Bertz CT molecular complexity index is 297. The van der Waals surface area contributed by atoms with E-state index in [4.69, 9.17) is 4.74 Å². The van der Waals surface area contributed by atoms with Crippen LogP contribution in [0.2, 0.25) is 0 Å². The summed E-state index contributed by atoms with van der Waals surface area (Å²) in [6, 6.07) is 0. The second-order valence-corrected chi connectivity index (χ2v) is 6.17. The molecule has 4 nitrogen and oxygen atoms in total. The van der Waals surface area contributed by atoms with Crippen molar-refractivity contribution in [3.05, 3.63) is 0 Å². The average molecular weight is 252 g/mol. The lowest BCUT2D eigenvalue weighted by Gasteiger charge is -2.40. The number of nitrogens with zero attached hydrogens (tertiary/aromatic N) is 1. The van der Waals surface area contributed by atoms with E-state index in [-0.39, 0.29) is 5.92 Å². The van der Waals surface area contributed by atoms with Gasteiger partial charge in [-0.05, 0) is 44.1 Å². The largest absolute Gasteiger partial charge is 0.381 e. The molecule has 3 fully saturated rings. The van der Waals surface area contributed by atoms with Crippen molar-refractivity contribution in [1.82, 2.24) is 10.2 Å². The summed E-state index contributed by atoms with van der Waals surface area (Å²) in [5.41, 5.74) is 0.500. The van der Waals surface area contributed by atoms with Crippen molar-refractivity contribution < 1.29 is 9.53 Å². The van der Waals surface area contributed by atoms with Gasteiger partial charge in [-0.15, -0.1) is 0 Å². The van der Waals surface area contributed by atoms with E-state index in [1.807, 2.05) is 0 Å². The highest BCUT2D eigenvalue weighted by molar-refractivity contribution is 5.79. The Labute approximate surface area is 109 Å². The molecule has 3 heterocycles. The third kappa shape index (κ3) is 2.41. The second kappa shape index (κ2) is 5.17. The van der Waals surface area contributed by atoms with E-state index in [1.54, 1.807) is 0 Å². The Hall–Kier alpha value is -0.610. The standard InChI is InChI=1S/C14H24N2O2/c17-13(12-2-1-9-18-10-12)16-7-4-14(5-8-16)3-6-15-11-14/h12,15H,1-11H2. The summed E-state index contributed by atoms with van der Waals surface area (Å²) in [7, 11) is 0. The van der Waals surface area contributed by atoms with Crippen LogP contribution in [0.15, 0.2) is 0 Å². The molecule has 1 spiro atoms. The van der Waals surface area contributed by atoms with Gasteiger partial charge >= 0.3 is 0 Å². The van der Waals surface area contributed by atoms with Crippen LogP contribution in [0, 0.1) is 11.3 Å². The fraction of sp³-hybridized carbons (Fsp3) is 0.929. The molecule has 0 aliphatic carbocycles. The molecule has 1 atom stereocenters. The van der Waals surface area contributed by atoms with E-state index >= 15 is 0 Å². The van der Waals surface area contributed by atoms with Gasteiger partial charge in [-0.2, -0.15) is 0 Å². The van der Waals surface area contributed by atoms with Gasteiger partial charge in [0.15, 0.2) is 0 Å². The number of amides is 1. The first kappa shape index (κ1) is 12.4. The van der Waals surface area contributed by atoms with Gasteiger partial charge in [0.05, 0.1) is 12.5 Å². The maximum atomic E-state index is 12.4. The molecule has 0 aromatic carbocycles. The van der Waals surface area contributed by atoms with Gasteiger partial charge < -0.3 is 15.0 Å². The molecule has 0 radical (unpaired) electrons. The van der Waals surface area contributed by atoms with Crippen LogP contribution in [0.25, 0.3) is 0 Å². The summed E-state index contributed by atoms with van der Waals surface area (Å²) in [4.78, 5) is 14.5. The Balaban J connectivity index is 1.53. The number of hydrogen-bond acceptors (Lipinski definition) is 3. The highest BCUT2D eigenvalue weighted by Gasteiger charge is 2.39. The van der Waals surface area contributed by atoms with Gasteiger partial charge in [0.1, 0.15) is 0 Å². The molecule has 3 rings (SSSR count). The maximum absolute atomic E-state index is 12.4. The van der Waals surface area contributed by atoms with Gasteiger partial charge in [-0.25, -0.2) is 0 Å². The molecule has 3 aliphatic rings. The van der Waals surface area contributed by atoms with Crippen LogP contribution in [-0.2, 0) is 9.53 Å². The molecule has 3 saturated heterocycles. The van der Waals surface area contributed by atoms with Crippen molar-refractivity contribution in [3.8, 4) is 0 Å². The molecule has 1 N–H and O–H groups in total. The Morgan fingerprint density at radius 3 is 2.72 bits per heavy atom. The van der Waals surface area contributed by atoms with E-state index in [9.17, 15) is 4.79 Å². The van der Waals surface area contributed by atoms with E-state index < -0.39 is 0 Å². The summed E-state index contributed by atoms with van der Waals surface area (Å²) >= 11 is 0. The van der Waals surface area contributed by atoms with Crippen LogP contribution in [-0.4, -0.2) is 50.2 Å². The monoisotopic (exact) mass is 252 g/mol. The minimum absolute atomic E-state index is 0.134. The zero-order chi connectivity index (χ0) is 12.4. The molecular formula is C14H24N2O2. The SMILES string of the molecule is O=C(C1CCCOC1)N1CCC2(CCNC2)CC1. The first-order valence-electron chi connectivity index (χ1n) is 7.36. The first-order chi connectivity index (χ1) is 8.79.